The number of benzene rings is 1. The summed E-state index contributed by atoms with van der Waals surface area (Å²) in [6, 6.07) is 9.46. The first-order valence-electron chi connectivity index (χ1n) is 11.0. The molecule has 3 aromatic rings. The lowest BCUT2D eigenvalue weighted by atomic mass is 9.74. The third kappa shape index (κ3) is 4.09. The summed E-state index contributed by atoms with van der Waals surface area (Å²) in [5.41, 5.74) is 0.865. The molecule has 2 aromatic heterocycles. The van der Waals surface area contributed by atoms with Gasteiger partial charge in [0.15, 0.2) is 5.82 Å². The number of likely N-dealkylation sites (tertiary alicyclic amines) is 1. The maximum absolute atomic E-state index is 13.3. The molecule has 1 aromatic carbocycles. The number of amides is 1. The number of rotatable bonds is 6. The molecule has 32 heavy (non-hydrogen) atoms. The molecule has 0 N–H and O–H groups in total. The molecule has 1 atom stereocenters. The Balaban J connectivity index is 1.42. The second kappa shape index (κ2) is 8.33. The number of nitrogens with zero attached hydrogens (tertiary/aromatic N) is 4. The Bertz CT molecular complexity index is 1100. The topological polar surface area (TPSA) is 81.4 Å². The average Bonchev–Trinajstić information content (AvgIpc) is 3.49. The first-order chi connectivity index (χ1) is 15.6. The summed E-state index contributed by atoms with van der Waals surface area (Å²) < 4.78 is 24.0. The van der Waals surface area contributed by atoms with Crippen LogP contribution in [-0.2, 0) is 5.41 Å². The number of piperidine rings is 1. The summed E-state index contributed by atoms with van der Waals surface area (Å²) in [5.74, 6) is 1.74. The van der Waals surface area contributed by atoms with Crippen LogP contribution in [0.4, 0.5) is 4.39 Å². The summed E-state index contributed by atoms with van der Waals surface area (Å²) in [6.45, 7) is 1.22. The summed E-state index contributed by atoms with van der Waals surface area (Å²) in [7, 11) is 1.55. The predicted octanol–water partition coefficient (Wildman–Crippen LogP) is 4.25. The van der Waals surface area contributed by atoms with E-state index in [0.717, 1.165) is 19.3 Å². The molecule has 1 aliphatic carbocycles. The van der Waals surface area contributed by atoms with Crippen molar-refractivity contribution in [1.29, 1.82) is 0 Å². The minimum atomic E-state index is -0.350. The number of pyridine rings is 1. The van der Waals surface area contributed by atoms with Gasteiger partial charge in [-0.3, -0.25) is 4.79 Å². The molecule has 5 rings (SSSR count). The van der Waals surface area contributed by atoms with Gasteiger partial charge >= 0.3 is 0 Å². The molecule has 1 unspecified atom stereocenters. The van der Waals surface area contributed by atoms with E-state index in [9.17, 15) is 9.18 Å². The van der Waals surface area contributed by atoms with E-state index in [-0.39, 0.29) is 17.1 Å². The number of aromatic nitrogens is 3. The number of carbonyl (C=O) groups is 1. The second-order valence-electron chi connectivity index (χ2n) is 8.78. The van der Waals surface area contributed by atoms with E-state index in [2.05, 4.69) is 10.1 Å². The molecule has 1 saturated carbocycles. The van der Waals surface area contributed by atoms with Gasteiger partial charge in [-0.25, -0.2) is 9.37 Å². The predicted molar refractivity (Wildman–Crippen MR) is 115 cm³/mol. The first kappa shape index (κ1) is 20.6. The third-order valence-corrected chi connectivity index (χ3v) is 6.42. The molecular formula is C24H25FN4O3. The molecule has 7 nitrogen and oxygen atoms in total. The summed E-state index contributed by atoms with van der Waals surface area (Å²) in [5, 5.41) is 4.33. The Hall–Kier alpha value is -3.29. The van der Waals surface area contributed by atoms with Gasteiger partial charge in [0.1, 0.15) is 5.82 Å². The van der Waals surface area contributed by atoms with Crippen molar-refractivity contribution in [3.63, 3.8) is 0 Å². The standard InChI is InChI=1S/C24H25FN4O3/c1-31-20-10-7-18(14-26-20)22(30)29-12-2-11-24(15-29,13-16-3-4-16)23-27-21(32-28-23)17-5-8-19(25)9-6-17/h5-10,14,16H,2-4,11-13,15H2,1H3. The normalized spacial score (nSPS) is 20.9. The minimum absolute atomic E-state index is 0.0534. The Kier molecular flexibility index (Phi) is 5.36. The van der Waals surface area contributed by atoms with Gasteiger partial charge in [-0.15, -0.1) is 0 Å². The molecule has 2 aliphatic rings. The monoisotopic (exact) mass is 436 g/mol. The summed E-state index contributed by atoms with van der Waals surface area (Å²) in [6.07, 6.45) is 6.64. The van der Waals surface area contributed by atoms with E-state index in [1.54, 1.807) is 37.6 Å². The molecule has 0 bridgehead atoms. The number of methoxy groups -OCH3 is 1. The van der Waals surface area contributed by atoms with Crippen molar-refractivity contribution >= 4 is 5.91 Å². The van der Waals surface area contributed by atoms with Crippen molar-refractivity contribution < 1.29 is 18.4 Å². The molecule has 8 heteroatoms. The molecular weight excluding hydrogens is 411 g/mol. The maximum atomic E-state index is 13.3. The van der Waals surface area contributed by atoms with Crippen LogP contribution in [0.3, 0.4) is 0 Å². The van der Waals surface area contributed by atoms with Gasteiger partial charge in [0.05, 0.1) is 18.1 Å². The van der Waals surface area contributed by atoms with E-state index in [1.165, 1.54) is 25.0 Å². The zero-order chi connectivity index (χ0) is 22.1. The summed E-state index contributed by atoms with van der Waals surface area (Å²) in [4.78, 5) is 24.0. The number of halogens is 1. The second-order valence-corrected chi connectivity index (χ2v) is 8.78. The van der Waals surface area contributed by atoms with Crippen molar-refractivity contribution in [2.24, 2.45) is 5.92 Å². The van der Waals surface area contributed by atoms with Gasteiger partial charge in [0.2, 0.25) is 5.88 Å². The molecule has 0 spiro atoms. The Morgan fingerprint density at radius 2 is 2.06 bits per heavy atom. The lowest BCUT2D eigenvalue weighted by molar-refractivity contribution is 0.0606. The van der Waals surface area contributed by atoms with Crippen molar-refractivity contribution in [1.82, 2.24) is 20.0 Å². The van der Waals surface area contributed by atoms with Crippen LogP contribution >= 0.6 is 0 Å². The zero-order valence-electron chi connectivity index (χ0n) is 18.0. The van der Waals surface area contributed by atoms with Crippen molar-refractivity contribution in [2.75, 3.05) is 20.2 Å². The quantitative estimate of drug-likeness (QED) is 0.575. The van der Waals surface area contributed by atoms with Gasteiger partial charge in [-0.05, 0) is 55.5 Å². The average molecular weight is 436 g/mol. The molecule has 1 aliphatic heterocycles. The van der Waals surface area contributed by atoms with Gasteiger partial charge in [-0.1, -0.05) is 18.0 Å². The highest BCUT2D eigenvalue weighted by Crippen LogP contribution is 2.46. The number of ether oxygens (including phenoxy) is 1. The number of hydrogen-bond acceptors (Lipinski definition) is 6. The van der Waals surface area contributed by atoms with Gasteiger partial charge in [-0.2, -0.15) is 4.98 Å². The van der Waals surface area contributed by atoms with E-state index in [0.29, 0.717) is 47.7 Å². The Morgan fingerprint density at radius 1 is 1.25 bits per heavy atom. The molecule has 166 valence electrons. The first-order valence-corrected chi connectivity index (χ1v) is 11.0. The SMILES string of the molecule is COc1ccc(C(=O)N2CCCC(CC3CC3)(c3noc(-c4ccc(F)cc4)n3)C2)cn1. The fourth-order valence-corrected chi connectivity index (χ4v) is 4.58. The third-order valence-electron chi connectivity index (χ3n) is 6.42. The van der Waals surface area contributed by atoms with Gasteiger partial charge < -0.3 is 14.2 Å². The van der Waals surface area contributed by atoms with Crippen LogP contribution in [0.1, 0.15) is 48.3 Å². The van der Waals surface area contributed by atoms with Crippen LogP contribution in [0.2, 0.25) is 0 Å². The van der Waals surface area contributed by atoms with Crippen LogP contribution in [0, 0.1) is 11.7 Å². The Labute approximate surface area is 185 Å². The Morgan fingerprint density at radius 3 is 2.75 bits per heavy atom. The van der Waals surface area contributed by atoms with Crippen molar-refractivity contribution in [3.8, 4) is 17.3 Å². The van der Waals surface area contributed by atoms with Gasteiger partial charge in [0, 0.05) is 30.9 Å². The highest BCUT2D eigenvalue weighted by molar-refractivity contribution is 5.94. The molecule has 1 amide bonds. The fraction of sp³-hybridized carbons (Fsp3) is 0.417. The molecule has 2 fully saturated rings. The van der Waals surface area contributed by atoms with Crippen molar-refractivity contribution in [3.05, 3.63) is 59.8 Å². The lowest BCUT2D eigenvalue weighted by Gasteiger charge is -2.41. The van der Waals surface area contributed by atoms with E-state index >= 15 is 0 Å². The van der Waals surface area contributed by atoms with E-state index in [4.69, 9.17) is 14.2 Å². The lowest BCUT2D eigenvalue weighted by Crippen LogP contribution is -2.49. The highest BCUT2D eigenvalue weighted by Gasteiger charge is 2.46. The van der Waals surface area contributed by atoms with Crippen LogP contribution in [0.15, 0.2) is 47.1 Å². The molecule has 1 saturated heterocycles. The van der Waals surface area contributed by atoms with Crippen LogP contribution in [-0.4, -0.2) is 46.1 Å². The maximum Gasteiger partial charge on any atom is 0.257 e. The highest BCUT2D eigenvalue weighted by atomic mass is 19.1. The van der Waals surface area contributed by atoms with E-state index < -0.39 is 0 Å². The van der Waals surface area contributed by atoms with Gasteiger partial charge in [0.25, 0.3) is 11.8 Å². The zero-order valence-corrected chi connectivity index (χ0v) is 18.0. The number of carbonyl (C=O) groups excluding carboxylic acids is 1. The molecule has 3 heterocycles. The smallest absolute Gasteiger partial charge is 0.257 e. The van der Waals surface area contributed by atoms with Crippen LogP contribution in [0.5, 0.6) is 5.88 Å². The fourth-order valence-electron chi connectivity index (χ4n) is 4.58. The van der Waals surface area contributed by atoms with Crippen LogP contribution in [0.25, 0.3) is 11.5 Å². The number of hydrogen-bond donors (Lipinski definition) is 0. The van der Waals surface area contributed by atoms with Crippen molar-refractivity contribution in [2.45, 2.75) is 37.5 Å². The minimum Gasteiger partial charge on any atom is -0.481 e. The van der Waals surface area contributed by atoms with E-state index in [1.807, 2.05) is 4.90 Å². The summed E-state index contributed by atoms with van der Waals surface area (Å²) >= 11 is 0. The largest absolute Gasteiger partial charge is 0.481 e. The van der Waals surface area contributed by atoms with Crippen LogP contribution < -0.4 is 4.74 Å². The molecule has 0 radical (unpaired) electrons.